The minimum Gasteiger partial charge on any atom is -0.422 e. The molecule has 6 aliphatic rings. The number of esters is 1. The van der Waals surface area contributed by atoms with Crippen molar-refractivity contribution in [2.45, 2.75) is 104 Å². The van der Waals surface area contributed by atoms with Crippen molar-refractivity contribution in [3.8, 4) is 39.5 Å². The Morgan fingerprint density at radius 1 is 0.486 bits per heavy atom. The Hall–Kier alpha value is -11.4. The number of nitrogens with one attached hydrogen (secondary N) is 1. The van der Waals surface area contributed by atoms with Gasteiger partial charge in [0, 0.05) is 185 Å². The van der Waals surface area contributed by atoms with Gasteiger partial charge >= 0.3 is 5.97 Å². The minimum absolute atomic E-state index is 0.00356. The quantitative estimate of drug-likeness (QED) is 0.0443. The van der Waals surface area contributed by atoms with Crippen LogP contribution in [0.4, 0.5) is 0 Å². The van der Waals surface area contributed by atoms with E-state index in [-0.39, 0.29) is 71.8 Å². The number of thiazole rings is 5. The summed E-state index contributed by atoms with van der Waals surface area (Å²) >= 11 is 10.9. The first-order chi connectivity index (χ1) is 67.9. The maximum atomic E-state index is 12.8. The van der Waals surface area contributed by atoms with Gasteiger partial charge in [-0.05, 0) is 95.1 Å². The minimum atomic E-state index is -0.366. The summed E-state index contributed by atoms with van der Waals surface area (Å²) in [5.74, 6) is 2.70. The Kier molecular flexibility index (Phi) is 37.4. The SMILES string of the molecule is CN(C)C(=O)CCN1CCOC(c2nc(-c3ccccc3)cs2)C1.Cc1ccc(C(=O)Oc2cccc(C3CN(C(=O)c4ccc(C)s4)CCO3)c2)s1.Cc1csc(C2CN(Cc3ccn(C)c(=O)c3)CCO2)n1.Cc1nc(C2CN(C(=O)c3cnc(C)s3)CCO2)n[nH]1.Cc1noc(CN2CCOC(c3nc(-c4ccccc4)cs3)C2)n1.NC(=O)CCN1CCOC(c2nc(-c3ccccc3)cs2)C1. The fourth-order valence-corrected chi connectivity index (χ4v) is 21.5. The lowest BCUT2D eigenvalue weighted by atomic mass is 10.1. The zero-order chi connectivity index (χ0) is 98.0. The molecule has 6 fully saturated rings. The van der Waals surface area contributed by atoms with Crippen LogP contribution in [0.1, 0.15) is 153 Å². The maximum Gasteiger partial charge on any atom is 0.353 e. The number of thiophene rings is 2. The molecule has 10 aromatic heterocycles. The van der Waals surface area contributed by atoms with E-state index >= 15 is 0 Å². The molecule has 20 rings (SSSR count). The first-order valence-corrected chi connectivity index (χ1v) is 52.2. The number of carbonyl (C=O) groups is 5. The Morgan fingerprint density at radius 3 is 1.45 bits per heavy atom. The zero-order valence-electron chi connectivity index (χ0n) is 79.6. The van der Waals surface area contributed by atoms with Crippen LogP contribution in [0.3, 0.4) is 0 Å². The van der Waals surface area contributed by atoms with Crippen LogP contribution in [-0.2, 0) is 58.1 Å². The molecule has 40 heteroatoms. The molecular formula is C100H115N19O14S7. The third-order valence-electron chi connectivity index (χ3n) is 23.2. The van der Waals surface area contributed by atoms with Crippen molar-refractivity contribution in [3.05, 3.63) is 286 Å². The molecule has 6 unspecified atom stereocenters. The van der Waals surface area contributed by atoms with Gasteiger partial charge in [0.15, 0.2) is 11.6 Å². The van der Waals surface area contributed by atoms with Gasteiger partial charge in [-0.3, -0.25) is 48.7 Å². The number of morpholine rings is 6. The monoisotopic (exact) mass is 2030 g/mol. The molecule has 3 N–H and O–H groups in total. The number of benzene rings is 4. The maximum absolute atomic E-state index is 12.8. The molecule has 0 saturated carbocycles. The number of hydrogen-bond acceptors (Lipinski definition) is 34. The summed E-state index contributed by atoms with van der Waals surface area (Å²) < 4.78 is 47.4. The molecule has 6 atom stereocenters. The second-order valence-electron chi connectivity index (χ2n) is 34.1. The van der Waals surface area contributed by atoms with Gasteiger partial charge in [-0.25, -0.2) is 34.7 Å². The highest BCUT2D eigenvalue weighted by Gasteiger charge is 2.34. The van der Waals surface area contributed by atoms with Crippen molar-refractivity contribution in [2.24, 2.45) is 12.8 Å². The Labute approximate surface area is 840 Å². The lowest BCUT2D eigenvalue weighted by Crippen LogP contribution is -2.42. The number of hydrogen-bond donors (Lipinski definition) is 2. The molecule has 140 heavy (non-hydrogen) atoms. The van der Waals surface area contributed by atoms with E-state index in [0.29, 0.717) is 125 Å². The van der Waals surface area contributed by atoms with E-state index in [2.05, 4.69) is 113 Å². The molecule has 0 bridgehead atoms. The van der Waals surface area contributed by atoms with Crippen LogP contribution in [0, 0.1) is 41.5 Å². The van der Waals surface area contributed by atoms with E-state index in [1.165, 1.54) is 34.0 Å². The van der Waals surface area contributed by atoms with Gasteiger partial charge in [0.25, 0.3) is 17.4 Å². The Morgan fingerprint density at radius 2 is 0.971 bits per heavy atom. The Bertz CT molecular complexity index is 6390. The van der Waals surface area contributed by atoms with Crippen LogP contribution < -0.4 is 16.0 Å². The van der Waals surface area contributed by atoms with Gasteiger partial charge in [0.05, 0.1) is 92.4 Å². The number of primary amides is 1. The highest BCUT2D eigenvalue weighted by atomic mass is 32.1. The van der Waals surface area contributed by atoms with Crippen LogP contribution in [0.25, 0.3) is 33.8 Å². The molecule has 14 aromatic rings. The molecule has 33 nitrogen and oxygen atoms in total. The number of ether oxygens (including phenoxy) is 7. The zero-order valence-corrected chi connectivity index (χ0v) is 85.3. The summed E-state index contributed by atoms with van der Waals surface area (Å²) in [5.41, 5.74) is 14.6. The predicted molar refractivity (Wildman–Crippen MR) is 542 cm³/mol. The topological polar surface area (TPSA) is 366 Å². The molecule has 0 radical (unpaired) electrons. The fourth-order valence-electron chi connectivity index (χ4n) is 15.8. The molecule has 4 aromatic carbocycles. The van der Waals surface area contributed by atoms with Gasteiger partial charge in [-0.2, -0.15) is 10.1 Å². The summed E-state index contributed by atoms with van der Waals surface area (Å²) in [6.07, 6.45) is 3.87. The van der Waals surface area contributed by atoms with Gasteiger partial charge < -0.3 is 62.7 Å². The predicted octanol–water partition coefficient (Wildman–Crippen LogP) is 15.5. The van der Waals surface area contributed by atoms with Crippen molar-refractivity contribution in [2.75, 3.05) is 145 Å². The number of nitrogens with two attached hydrogens (primary N) is 1. The lowest BCUT2D eigenvalue weighted by Gasteiger charge is -2.33. The number of H-pyrrole nitrogens is 1. The molecule has 736 valence electrons. The molecule has 6 saturated heterocycles. The number of aryl methyl sites for hydroxylation is 7. The first-order valence-electron chi connectivity index (χ1n) is 46.2. The molecule has 16 heterocycles. The molecule has 4 amide bonds. The highest BCUT2D eigenvalue weighted by Crippen LogP contribution is 2.36. The largest absolute Gasteiger partial charge is 0.422 e. The molecule has 6 aliphatic heterocycles. The third-order valence-corrected chi connectivity index (χ3v) is 29.9. The molecular weight excluding hydrogens is 1920 g/mol. The number of pyridine rings is 1. The number of carbonyl (C=O) groups excluding carboxylic acids is 5. The van der Waals surface area contributed by atoms with E-state index in [9.17, 15) is 28.8 Å². The van der Waals surface area contributed by atoms with Crippen LogP contribution in [0.5, 0.6) is 5.75 Å². The van der Waals surface area contributed by atoms with Gasteiger partial charge in [0.1, 0.15) is 78.0 Å². The number of aromatic nitrogens is 11. The van der Waals surface area contributed by atoms with Crippen LogP contribution in [-0.4, -0.2) is 264 Å². The van der Waals surface area contributed by atoms with E-state index in [1.807, 2.05) is 150 Å². The second kappa shape index (κ2) is 50.8. The van der Waals surface area contributed by atoms with Gasteiger partial charge in [-0.1, -0.05) is 108 Å². The van der Waals surface area contributed by atoms with E-state index in [1.54, 1.807) is 105 Å². The standard InChI is InChI=1S/C22H21NO4S2.C18H23N3O2S.C17H18N4O2S.C16H19N3O2S.C15H19N3O2S.C12H15N5O2S/c1-14-6-8-19(28-14)21(24)23-10-11-26-18(13-23)16-4-3-5-17(12-16)27-22(25)20-9-7-15(2)29-20;1-20(2)17(22)8-9-21-10-11-23-16(12-21)18-19-15(13-24-18)14-6-4-3-5-7-14;1-12-18-16(23-20-12)10-21-7-8-22-15(9-21)17-19-14(11-24-17)13-5-3-2-4-6-13;17-15(20)6-7-19-8-9-21-14(10-19)16-18-13(11-22-16)12-4-2-1-3-5-12;1-11-10-21-15(16-11)13-9-18(5-6-20-13)8-12-3-4-17(2)14(19)7-12;1-7-14-11(16-15-7)9-6-17(3-4-19-9)12(18)10-5-13-8(2)20-10/h3-9,12,18H,10-11,13H2,1-2H3;3-7,13,16H,8-12H2,1-2H3;2-6,11,15H,7-10H2,1H3;1-5,11,14H,6-10H2,(H2,17,20);3-4,7,10,13H,5-6,8-9H2,1-2H3;5,9H,3-4,6H2,1-2H3,(H,14,15,16). The first kappa shape index (κ1) is 103. The summed E-state index contributed by atoms with van der Waals surface area (Å²) in [6.45, 7) is 26.7. The van der Waals surface area contributed by atoms with Crippen LogP contribution in [0.15, 0.2) is 195 Å². The lowest BCUT2D eigenvalue weighted by molar-refractivity contribution is -0.129. The smallest absolute Gasteiger partial charge is 0.353 e. The van der Waals surface area contributed by atoms with E-state index in [4.69, 9.17) is 58.4 Å². The average Bonchev–Trinajstić information content (AvgIpc) is 1.49. The molecule has 0 aliphatic carbocycles. The van der Waals surface area contributed by atoms with E-state index < -0.39 is 0 Å². The van der Waals surface area contributed by atoms with Crippen molar-refractivity contribution < 1.29 is 61.7 Å². The number of nitrogens with zero attached hydrogens (tertiary/aromatic N) is 17. The summed E-state index contributed by atoms with van der Waals surface area (Å²) in [5, 5.41) is 24.0. The van der Waals surface area contributed by atoms with Gasteiger partial charge in [-0.15, -0.1) is 79.4 Å². The van der Waals surface area contributed by atoms with Crippen LogP contribution in [0.2, 0.25) is 0 Å². The normalized spacial score (nSPS) is 18.6. The number of rotatable bonds is 23. The van der Waals surface area contributed by atoms with Crippen molar-refractivity contribution in [3.63, 3.8) is 0 Å². The van der Waals surface area contributed by atoms with Crippen LogP contribution >= 0.6 is 79.4 Å². The van der Waals surface area contributed by atoms with Crippen molar-refractivity contribution in [1.29, 1.82) is 0 Å². The van der Waals surface area contributed by atoms with Gasteiger partial charge in [0.2, 0.25) is 17.7 Å². The summed E-state index contributed by atoms with van der Waals surface area (Å²) in [7, 11) is 5.36. The second-order valence-corrected chi connectivity index (χ2v) is 41.5. The van der Waals surface area contributed by atoms with Crippen molar-refractivity contribution >= 4 is 109 Å². The summed E-state index contributed by atoms with van der Waals surface area (Å²) in [4.78, 5) is 122. The Balaban J connectivity index is 0.000000128. The highest BCUT2D eigenvalue weighted by molar-refractivity contribution is 7.14. The number of aromatic amines is 1. The molecule has 0 spiro atoms. The van der Waals surface area contributed by atoms with Crippen molar-refractivity contribution in [1.82, 2.24) is 89.1 Å². The average molecular weight is 2030 g/mol. The van der Waals surface area contributed by atoms with E-state index in [0.717, 1.165) is 162 Å². The number of amides is 4. The third kappa shape index (κ3) is 29.9. The fraction of sp³-hybridized carbons (Fsp3) is 0.390. The summed E-state index contributed by atoms with van der Waals surface area (Å²) in [6, 6.07) is 49.1.